The molecule has 19 heavy (non-hydrogen) atoms. The fourth-order valence-electron chi connectivity index (χ4n) is 2.21. The molecule has 3 aromatic rings. The van der Waals surface area contributed by atoms with Crippen LogP contribution in [0.15, 0.2) is 40.8 Å². The molecule has 0 radical (unpaired) electrons. The Morgan fingerprint density at radius 2 is 1.89 bits per heavy atom. The van der Waals surface area contributed by atoms with Gasteiger partial charge >= 0.3 is 0 Å². The van der Waals surface area contributed by atoms with Crippen LogP contribution in [0.4, 0.5) is 5.69 Å². The molecule has 0 saturated carbocycles. The number of hydrogen-bond donors (Lipinski definition) is 1. The van der Waals surface area contributed by atoms with Crippen LogP contribution >= 0.6 is 0 Å². The quantitative estimate of drug-likeness (QED) is 0.702. The number of oxazole rings is 1. The van der Waals surface area contributed by atoms with Crippen LogP contribution in [-0.4, -0.2) is 4.98 Å². The Balaban J connectivity index is 2.12. The Bertz CT molecular complexity index is 726. The fraction of sp³-hybridized carbons (Fsp3) is 0.188. The van der Waals surface area contributed by atoms with Crippen molar-refractivity contribution in [1.82, 2.24) is 4.98 Å². The Kier molecular flexibility index (Phi) is 2.75. The minimum atomic E-state index is 0.620. The molecule has 0 bridgehead atoms. The summed E-state index contributed by atoms with van der Waals surface area (Å²) in [5, 5.41) is 0. The van der Waals surface area contributed by atoms with E-state index in [9.17, 15) is 0 Å². The van der Waals surface area contributed by atoms with Gasteiger partial charge in [-0.15, -0.1) is 0 Å². The predicted octanol–water partition coefficient (Wildman–Crippen LogP) is 3.95. The molecule has 2 aromatic carbocycles. The maximum Gasteiger partial charge on any atom is 0.227 e. The summed E-state index contributed by atoms with van der Waals surface area (Å²) in [6.07, 6.45) is 1.03. The van der Waals surface area contributed by atoms with Crippen molar-refractivity contribution < 1.29 is 4.42 Å². The summed E-state index contributed by atoms with van der Waals surface area (Å²) >= 11 is 0. The highest BCUT2D eigenvalue weighted by atomic mass is 16.3. The third-order valence-corrected chi connectivity index (χ3v) is 3.27. The second-order valence-corrected chi connectivity index (χ2v) is 4.77. The Labute approximate surface area is 112 Å². The lowest BCUT2D eigenvalue weighted by atomic mass is 10.1. The third-order valence-electron chi connectivity index (χ3n) is 3.27. The van der Waals surface area contributed by atoms with E-state index in [4.69, 9.17) is 10.2 Å². The van der Waals surface area contributed by atoms with Gasteiger partial charge in [0, 0.05) is 5.56 Å². The lowest BCUT2D eigenvalue weighted by Gasteiger charge is -1.98. The minimum absolute atomic E-state index is 0.620. The van der Waals surface area contributed by atoms with Crippen LogP contribution in [0, 0.1) is 6.92 Å². The van der Waals surface area contributed by atoms with Gasteiger partial charge in [0.05, 0.1) is 5.69 Å². The fourth-order valence-corrected chi connectivity index (χ4v) is 2.21. The standard InChI is InChI=1S/C16H16N2O/c1-3-11-4-6-12(7-5-11)16-18-14-9-10(2)8-13(17)15(14)19-16/h4-9H,3,17H2,1-2H3. The maximum atomic E-state index is 5.96. The molecule has 0 atom stereocenters. The molecule has 0 aliphatic rings. The maximum absolute atomic E-state index is 5.96. The molecule has 3 rings (SSSR count). The molecule has 2 N–H and O–H groups in total. The zero-order chi connectivity index (χ0) is 13.4. The molecule has 1 heterocycles. The van der Waals surface area contributed by atoms with Gasteiger partial charge in [0.2, 0.25) is 5.89 Å². The molecule has 0 fully saturated rings. The number of nitrogens with two attached hydrogens (primary N) is 1. The summed E-state index contributed by atoms with van der Waals surface area (Å²) in [6.45, 7) is 4.14. The number of aromatic nitrogens is 1. The summed E-state index contributed by atoms with van der Waals surface area (Å²) in [7, 11) is 0. The molecule has 96 valence electrons. The molecule has 0 aliphatic heterocycles. The number of aryl methyl sites for hydroxylation is 2. The van der Waals surface area contributed by atoms with E-state index in [0.29, 0.717) is 17.2 Å². The zero-order valence-corrected chi connectivity index (χ0v) is 11.1. The van der Waals surface area contributed by atoms with Crippen molar-refractivity contribution in [2.24, 2.45) is 0 Å². The van der Waals surface area contributed by atoms with Gasteiger partial charge in [-0.2, -0.15) is 0 Å². The molecule has 0 unspecified atom stereocenters. The number of nitrogen functional groups attached to an aromatic ring is 1. The molecule has 0 amide bonds. The first-order valence-electron chi connectivity index (χ1n) is 6.43. The molecule has 0 aliphatic carbocycles. The monoisotopic (exact) mass is 252 g/mol. The van der Waals surface area contributed by atoms with E-state index >= 15 is 0 Å². The van der Waals surface area contributed by atoms with Crippen LogP contribution in [0.2, 0.25) is 0 Å². The lowest BCUT2D eigenvalue weighted by molar-refractivity contribution is 0.621. The second-order valence-electron chi connectivity index (χ2n) is 4.77. The van der Waals surface area contributed by atoms with Gasteiger partial charge in [-0.25, -0.2) is 4.98 Å². The molecule has 0 saturated heterocycles. The van der Waals surface area contributed by atoms with Crippen molar-refractivity contribution in [2.45, 2.75) is 20.3 Å². The number of rotatable bonds is 2. The molecule has 3 heteroatoms. The normalized spacial score (nSPS) is 11.1. The van der Waals surface area contributed by atoms with E-state index in [1.165, 1.54) is 5.56 Å². The van der Waals surface area contributed by atoms with Crippen molar-refractivity contribution in [3.8, 4) is 11.5 Å². The third kappa shape index (κ3) is 2.08. The number of anilines is 1. The number of fused-ring (bicyclic) bond motifs is 1. The van der Waals surface area contributed by atoms with Gasteiger partial charge in [-0.3, -0.25) is 0 Å². The Hall–Kier alpha value is -2.29. The van der Waals surface area contributed by atoms with Crippen molar-refractivity contribution in [3.63, 3.8) is 0 Å². The summed E-state index contributed by atoms with van der Waals surface area (Å²) in [6, 6.07) is 12.1. The lowest BCUT2D eigenvalue weighted by Crippen LogP contribution is -1.86. The molecular formula is C16H16N2O. The van der Waals surface area contributed by atoms with Crippen LogP contribution < -0.4 is 5.73 Å². The van der Waals surface area contributed by atoms with Crippen molar-refractivity contribution in [3.05, 3.63) is 47.5 Å². The Morgan fingerprint density at radius 1 is 1.16 bits per heavy atom. The topological polar surface area (TPSA) is 52.0 Å². The van der Waals surface area contributed by atoms with E-state index in [0.717, 1.165) is 23.1 Å². The Morgan fingerprint density at radius 3 is 2.58 bits per heavy atom. The van der Waals surface area contributed by atoms with Crippen LogP contribution in [0.3, 0.4) is 0 Å². The minimum Gasteiger partial charge on any atom is -0.434 e. The smallest absolute Gasteiger partial charge is 0.227 e. The van der Waals surface area contributed by atoms with Crippen LogP contribution in [0.25, 0.3) is 22.6 Å². The van der Waals surface area contributed by atoms with Crippen molar-refractivity contribution >= 4 is 16.8 Å². The van der Waals surface area contributed by atoms with E-state index in [1.54, 1.807) is 0 Å². The van der Waals surface area contributed by atoms with E-state index in [1.807, 2.05) is 31.2 Å². The van der Waals surface area contributed by atoms with Gasteiger partial charge in [0.25, 0.3) is 0 Å². The summed E-state index contributed by atoms with van der Waals surface area (Å²) in [4.78, 5) is 4.51. The zero-order valence-electron chi connectivity index (χ0n) is 11.1. The van der Waals surface area contributed by atoms with E-state index < -0.39 is 0 Å². The van der Waals surface area contributed by atoms with E-state index in [-0.39, 0.29) is 0 Å². The van der Waals surface area contributed by atoms with Crippen LogP contribution in [0.1, 0.15) is 18.1 Å². The van der Waals surface area contributed by atoms with Crippen LogP contribution in [0.5, 0.6) is 0 Å². The van der Waals surface area contributed by atoms with Gasteiger partial charge < -0.3 is 10.2 Å². The van der Waals surface area contributed by atoms with Crippen molar-refractivity contribution in [1.29, 1.82) is 0 Å². The molecule has 1 aromatic heterocycles. The van der Waals surface area contributed by atoms with Crippen molar-refractivity contribution in [2.75, 3.05) is 5.73 Å². The molecular weight excluding hydrogens is 236 g/mol. The van der Waals surface area contributed by atoms with Crippen LogP contribution in [-0.2, 0) is 6.42 Å². The highest BCUT2D eigenvalue weighted by Gasteiger charge is 2.10. The number of nitrogens with zero attached hydrogens (tertiary/aromatic N) is 1. The molecule has 3 nitrogen and oxygen atoms in total. The van der Waals surface area contributed by atoms with Gasteiger partial charge in [-0.05, 0) is 48.7 Å². The second kappa shape index (κ2) is 4.43. The average molecular weight is 252 g/mol. The largest absolute Gasteiger partial charge is 0.434 e. The first kappa shape index (κ1) is 11.8. The van der Waals surface area contributed by atoms with Gasteiger partial charge in [-0.1, -0.05) is 19.1 Å². The molecule has 0 spiro atoms. The predicted molar refractivity (Wildman–Crippen MR) is 78.0 cm³/mol. The summed E-state index contributed by atoms with van der Waals surface area (Å²) < 4.78 is 5.78. The average Bonchev–Trinajstić information content (AvgIpc) is 2.83. The van der Waals surface area contributed by atoms with Gasteiger partial charge in [0.15, 0.2) is 5.58 Å². The number of hydrogen-bond acceptors (Lipinski definition) is 3. The first-order chi connectivity index (χ1) is 9.17. The summed E-state index contributed by atoms with van der Waals surface area (Å²) in [5.74, 6) is 0.620. The number of benzene rings is 2. The first-order valence-corrected chi connectivity index (χ1v) is 6.43. The highest BCUT2D eigenvalue weighted by molar-refractivity contribution is 5.87. The highest BCUT2D eigenvalue weighted by Crippen LogP contribution is 2.29. The SMILES string of the molecule is CCc1ccc(-c2nc3cc(C)cc(N)c3o2)cc1. The van der Waals surface area contributed by atoms with Gasteiger partial charge in [0.1, 0.15) is 5.52 Å². The van der Waals surface area contributed by atoms with E-state index in [2.05, 4.69) is 24.0 Å². The summed E-state index contributed by atoms with van der Waals surface area (Å²) in [5.41, 5.74) is 11.4.